The monoisotopic (exact) mass is 276 g/mol. The van der Waals surface area contributed by atoms with Gasteiger partial charge in [0.2, 0.25) is 0 Å². The summed E-state index contributed by atoms with van der Waals surface area (Å²) in [5, 5.41) is 18.6. The third-order valence-corrected chi connectivity index (χ3v) is 3.14. The van der Waals surface area contributed by atoms with Gasteiger partial charge in [-0.1, -0.05) is 18.2 Å². The van der Waals surface area contributed by atoms with E-state index < -0.39 is 0 Å². The van der Waals surface area contributed by atoms with Crippen molar-refractivity contribution in [3.8, 4) is 12.1 Å². The van der Waals surface area contributed by atoms with E-state index in [4.69, 9.17) is 14.9 Å². The van der Waals surface area contributed by atoms with Gasteiger partial charge >= 0.3 is 0 Å². The summed E-state index contributed by atoms with van der Waals surface area (Å²) >= 11 is 0. The number of Topliss-reactive ketones (excluding diaryl/α,β-unsaturated/α-hetero) is 1. The fraction of sp³-hybridized carbons (Fsp3) is 0.0667. The fourth-order valence-corrected chi connectivity index (χ4v) is 2.13. The van der Waals surface area contributed by atoms with Crippen molar-refractivity contribution in [2.24, 2.45) is 0 Å². The summed E-state index contributed by atoms with van der Waals surface area (Å²) in [6.45, 7) is -0.0684. The van der Waals surface area contributed by atoms with E-state index in [1.54, 1.807) is 12.1 Å². The van der Waals surface area contributed by atoms with Gasteiger partial charge in [0.15, 0.2) is 17.2 Å². The Morgan fingerprint density at radius 3 is 2.86 bits per heavy atom. The first-order valence-electron chi connectivity index (χ1n) is 6.09. The standard InChI is InChI=1S/C15H8N4O2/c16-5-12-13(6-17)19(9-18-12)7-14(20)11-8-21-15-4-2-1-3-10(11)15/h1-4,8-9H,7H2. The maximum atomic E-state index is 12.4. The number of fused-ring (bicyclic) bond motifs is 1. The SMILES string of the molecule is N#Cc1ncn(CC(=O)c2coc3ccccc23)c1C#N. The minimum absolute atomic E-state index is 0.0161. The zero-order valence-electron chi connectivity index (χ0n) is 10.8. The van der Waals surface area contributed by atoms with E-state index in [0.29, 0.717) is 11.1 Å². The molecule has 0 unspecified atom stereocenters. The molecule has 100 valence electrons. The maximum absolute atomic E-state index is 12.4. The topological polar surface area (TPSA) is 95.6 Å². The summed E-state index contributed by atoms with van der Waals surface area (Å²) in [6.07, 6.45) is 2.72. The van der Waals surface area contributed by atoms with E-state index in [9.17, 15) is 4.79 Å². The predicted octanol–water partition coefficient (Wildman–Crippen LogP) is 2.26. The van der Waals surface area contributed by atoms with Crippen molar-refractivity contribution in [3.63, 3.8) is 0 Å². The number of hydrogen-bond donors (Lipinski definition) is 0. The number of hydrogen-bond acceptors (Lipinski definition) is 5. The van der Waals surface area contributed by atoms with Crippen LogP contribution in [0.15, 0.2) is 41.3 Å². The summed E-state index contributed by atoms with van der Waals surface area (Å²) in [4.78, 5) is 16.2. The molecule has 0 atom stereocenters. The molecule has 0 aliphatic rings. The zero-order chi connectivity index (χ0) is 14.8. The second-order valence-corrected chi connectivity index (χ2v) is 4.36. The number of rotatable bonds is 3. The molecule has 0 aliphatic carbocycles. The van der Waals surface area contributed by atoms with Gasteiger partial charge in [-0.3, -0.25) is 4.79 Å². The number of furan rings is 1. The summed E-state index contributed by atoms with van der Waals surface area (Å²) in [5.41, 5.74) is 1.17. The van der Waals surface area contributed by atoms with E-state index in [0.717, 1.165) is 5.39 Å². The van der Waals surface area contributed by atoms with Crippen LogP contribution in [0.4, 0.5) is 0 Å². The van der Waals surface area contributed by atoms with Crippen LogP contribution in [0.3, 0.4) is 0 Å². The van der Waals surface area contributed by atoms with Gasteiger partial charge in [-0.25, -0.2) is 4.98 Å². The molecule has 0 fully saturated rings. The van der Waals surface area contributed by atoms with Crippen LogP contribution < -0.4 is 0 Å². The van der Waals surface area contributed by atoms with Crippen molar-refractivity contribution >= 4 is 16.8 Å². The summed E-state index contributed by atoms with van der Waals surface area (Å²) in [5.74, 6) is -0.210. The first-order chi connectivity index (χ1) is 10.2. The van der Waals surface area contributed by atoms with Gasteiger partial charge in [-0.2, -0.15) is 10.5 Å². The fourth-order valence-electron chi connectivity index (χ4n) is 2.13. The van der Waals surface area contributed by atoms with E-state index >= 15 is 0 Å². The lowest BCUT2D eigenvalue weighted by Gasteiger charge is -2.01. The first-order valence-corrected chi connectivity index (χ1v) is 6.09. The van der Waals surface area contributed by atoms with Gasteiger partial charge in [-0.15, -0.1) is 0 Å². The number of nitrogens with zero attached hydrogens (tertiary/aromatic N) is 4. The zero-order valence-corrected chi connectivity index (χ0v) is 10.8. The first kappa shape index (κ1) is 12.6. The molecule has 6 heteroatoms. The molecule has 0 N–H and O–H groups in total. The Balaban J connectivity index is 1.96. The smallest absolute Gasteiger partial charge is 0.186 e. The number of para-hydroxylation sites is 1. The quantitative estimate of drug-likeness (QED) is 0.683. The van der Waals surface area contributed by atoms with Crippen molar-refractivity contribution in [2.75, 3.05) is 0 Å². The van der Waals surface area contributed by atoms with Gasteiger partial charge in [0.1, 0.15) is 24.0 Å². The number of carbonyl (C=O) groups excluding carboxylic acids is 1. The predicted molar refractivity (Wildman–Crippen MR) is 72.2 cm³/mol. The number of imidazole rings is 1. The molecule has 0 radical (unpaired) electrons. The Morgan fingerprint density at radius 1 is 1.29 bits per heavy atom. The van der Waals surface area contributed by atoms with Crippen molar-refractivity contribution in [1.82, 2.24) is 9.55 Å². The van der Waals surface area contributed by atoms with Gasteiger partial charge in [0.25, 0.3) is 0 Å². The van der Waals surface area contributed by atoms with Crippen molar-refractivity contribution in [2.45, 2.75) is 6.54 Å². The number of aromatic nitrogens is 2. The third-order valence-electron chi connectivity index (χ3n) is 3.14. The molecule has 2 aromatic heterocycles. The second kappa shape index (κ2) is 4.95. The number of nitriles is 2. The van der Waals surface area contributed by atoms with Crippen LogP contribution in [0.1, 0.15) is 21.7 Å². The van der Waals surface area contributed by atoms with E-state index in [1.165, 1.54) is 17.2 Å². The van der Waals surface area contributed by atoms with Crippen molar-refractivity contribution < 1.29 is 9.21 Å². The van der Waals surface area contributed by atoms with Crippen molar-refractivity contribution in [1.29, 1.82) is 10.5 Å². The molecular formula is C15H8N4O2. The van der Waals surface area contributed by atoms with Crippen LogP contribution in [0, 0.1) is 22.7 Å². The minimum Gasteiger partial charge on any atom is -0.464 e. The Kier molecular flexibility index (Phi) is 2.98. The molecule has 2 heterocycles. The molecule has 3 aromatic rings. The highest BCUT2D eigenvalue weighted by Gasteiger charge is 2.17. The van der Waals surface area contributed by atoms with Crippen molar-refractivity contribution in [3.05, 3.63) is 53.8 Å². The Bertz CT molecular complexity index is 921. The molecule has 3 rings (SSSR count). The maximum Gasteiger partial charge on any atom is 0.186 e. The molecule has 21 heavy (non-hydrogen) atoms. The van der Waals surface area contributed by atoms with Gasteiger partial charge < -0.3 is 8.98 Å². The summed E-state index contributed by atoms with van der Waals surface area (Å²) in [6, 6.07) is 10.9. The van der Waals surface area contributed by atoms with Gasteiger partial charge in [0, 0.05) is 5.39 Å². The number of benzene rings is 1. The van der Waals surface area contributed by atoms with E-state index in [-0.39, 0.29) is 23.7 Å². The summed E-state index contributed by atoms with van der Waals surface area (Å²) < 4.78 is 6.69. The molecule has 1 aromatic carbocycles. The average Bonchev–Trinajstić information content (AvgIpc) is 3.10. The van der Waals surface area contributed by atoms with E-state index in [1.807, 2.05) is 24.3 Å². The largest absolute Gasteiger partial charge is 0.464 e. The lowest BCUT2D eigenvalue weighted by atomic mass is 10.1. The van der Waals surface area contributed by atoms with Crippen LogP contribution in [0.5, 0.6) is 0 Å². The van der Waals surface area contributed by atoms with Gasteiger partial charge in [-0.05, 0) is 6.07 Å². The number of ketones is 1. The molecule has 0 spiro atoms. The van der Waals surface area contributed by atoms with Crippen LogP contribution in [0.2, 0.25) is 0 Å². The number of carbonyl (C=O) groups is 1. The molecule has 6 nitrogen and oxygen atoms in total. The lowest BCUT2D eigenvalue weighted by Crippen LogP contribution is -2.11. The summed E-state index contributed by atoms with van der Waals surface area (Å²) in [7, 11) is 0. The van der Waals surface area contributed by atoms with Crippen LogP contribution in [0.25, 0.3) is 11.0 Å². The van der Waals surface area contributed by atoms with Crippen LogP contribution in [-0.4, -0.2) is 15.3 Å². The highest BCUT2D eigenvalue weighted by molar-refractivity contribution is 6.07. The van der Waals surface area contributed by atoms with E-state index in [2.05, 4.69) is 4.98 Å². The molecule has 0 bridgehead atoms. The lowest BCUT2D eigenvalue weighted by molar-refractivity contribution is 0.0972. The highest BCUT2D eigenvalue weighted by atomic mass is 16.3. The normalized spacial score (nSPS) is 10.2. The second-order valence-electron chi connectivity index (χ2n) is 4.36. The Morgan fingerprint density at radius 2 is 2.10 bits per heavy atom. The average molecular weight is 276 g/mol. The Labute approximate surface area is 119 Å². The molecular weight excluding hydrogens is 268 g/mol. The highest BCUT2D eigenvalue weighted by Crippen LogP contribution is 2.21. The third kappa shape index (κ3) is 2.05. The molecule has 0 amide bonds. The van der Waals surface area contributed by atoms with Crippen LogP contribution >= 0.6 is 0 Å². The molecule has 0 aliphatic heterocycles. The van der Waals surface area contributed by atoms with Crippen LogP contribution in [-0.2, 0) is 6.54 Å². The molecule has 0 saturated carbocycles. The van der Waals surface area contributed by atoms with Gasteiger partial charge in [0.05, 0.1) is 18.4 Å². The minimum atomic E-state index is -0.210. The Hall–Kier alpha value is -3.38. The molecule has 0 saturated heterocycles.